The van der Waals surface area contributed by atoms with E-state index in [0.29, 0.717) is 11.4 Å². The minimum atomic E-state index is -3.31. The molecule has 2 aromatic rings. The molecule has 23 heavy (non-hydrogen) atoms. The first-order valence-corrected chi connectivity index (χ1v) is 8.94. The highest BCUT2D eigenvalue weighted by Gasteiger charge is 2.09. The highest BCUT2D eigenvalue weighted by atomic mass is 32.2. The average Bonchev–Trinajstić information content (AvgIpc) is 2.43. The number of ether oxygens (including phenoxy) is 1. The minimum Gasteiger partial charge on any atom is -0.484 e. The zero-order chi connectivity index (χ0) is 17.0. The van der Waals surface area contributed by atoms with Crippen molar-refractivity contribution in [3.05, 3.63) is 53.6 Å². The summed E-state index contributed by atoms with van der Waals surface area (Å²) in [6.45, 7) is 3.76. The Morgan fingerprint density at radius 1 is 1.09 bits per heavy atom. The standard InChI is InChI=1S/C17H19NO4S/c1-12-7-13(2)9-15(8-12)22-11-17(19)18-14-5-4-6-16(10-14)23(3,20)21/h4-10H,11H2,1-3H3,(H,18,19). The normalized spacial score (nSPS) is 11.1. The van der Waals surface area contributed by atoms with E-state index in [0.717, 1.165) is 17.4 Å². The van der Waals surface area contributed by atoms with Gasteiger partial charge in [-0.05, 0) is 55.3 Å². The van der Waals surface area contributed by atoms with Crippen LogP contribution in [0.1, 0.15) is 11.1 Å². The largest absolute Gasteiger partial charge is 0.484 e. The molecule has 0 saturated carbocycles. The van der Waals surface area contributed by atoms with Crippen molar-refractivity contribution in [3.63, 3.8) is 0 Å². The third-order valence-corrected chi connectivity index (χ3v) is 4.22. The van der Waals surface area contributed by atoms with E-state index in [1.165, 1.54) is 12.1 Å². The van der Waals surface area contributed by atoms with E-state index in [4.69, 9.17) is 4.74 Å². The van der Waals surface area contributed by atoms with E-state index in [1.807, 2.05) is 32.0 Å². The lowest BCUT2D eigenvalue weighted by molar-refractivity contribution is -0.118. The molecule has 6 heteroatoms. The number of amides is 1. The first kappa shape index (κ1) is 17.0. The summed E-state index contributed by atoms with van der Waals surface area (Å²) in [5, 5.41) is 2.63. The second-order valence-electron chi connectivity index (χ2n) is 5.46. The molecule has 122 valence electrons. The van der Waals surface area contributed by atoms with Gasteiger partial charge in [0.2, 0.25) is 0 Å². The number of rotatable bonds is 5. The topological polar surface area (TPSA) is 72.5 Å². The molecule has 2 aromatic carbocycles. The van der Waals surface area contributed by atoms with Crippen molar-refractivity contribution in [2.24, 2.45) is 0 Å². The molecule has 0 bridgehead atoms. The Balaban J connectivity index is 2.00. The van der Waals surface area contributed by atoms with Crippen LogP contribution in [0, 0.1) is 13.8 Å². The summed E-state index contributed by atoms with van der Waals surface area (Å²) in [5.74, 6) is 0.275. The summed E-state index contributed by atoms with van der Waals surface area (Å²) in [6, 6.07) is 11.8. The molecule has 0 unspecified atom stereocenters. The summed E-state index contributed by atoms with van der Waals surface area (Å²) in [7, 11) is -3.31. The van der Waals surface area contributed by atoms with E-state index in [-0.39, 0.29) is 17.4 Å². The Kier molecular flexibility index (Phi) is 5.05. The van der Waals surface area contributed by atoms with E-state index in [2.05, 4.69) is 5.32 Å². The van der Waals surface area contributed by atoms with Crippen LogP contribution in [0.4, 0.5) is 5.69 Å². The molecule has 0 aliphatic heterocycles. The summed E-state index contributed by atoms with van der Waals surface area (Å²) < 4.78 is 28.5. The number of anilines is 1. The van der Waals surface area contributed by atoms with Gasteiger partial charge in [0.15, 0.2) is 16.4 Å². The fourth-order valence-corrected chi connectivity index (χ4v) is 2.83. The summed E-state index contributed by atoms with van der Waals surface area (Å²) in [6.07, 6.45) is 1.12. The highest BCUT2D eigenvalue weighted by molar-refractivity contribution is 7.90. The summed E-state index contributed by atoms with van der Waals surface area (Å²) >= 11 is 0. The van der Waals surface area contributed by atoms with Crippen molar-refractivity contribution in [3.8, 4) is 5.75 Å². The van der Waals surface area contributed by atoms with Crippen molar-refractivity contribution in [1.29, 1.82) is 0 Å². The van der Waals surface area contributed by atoms with Gasteiger partial charge < -0.3 is 10.1 Å². The molecule has 5 nitrogen and oxygen atoms in total. The van der Waals surface area contributed by atoms with Crippen molar-refractivity contribution < 1.29 is 17.9 Å². The number of aryl methyl sites for hydroxylation is 2. The van der Waals surface area contributed by atoms with Crippen molar-refractivity contribution in [1.82, 2.24) is 0 Å². The quantitative estimate of drug-likeness (QED) is 0.913. The van der Waals surface area contributed by atoms with Crippen LogP contribution in [-0.2, 0) is 14.6 Å². The lowest BCUT2D eigenvalue weighted by Gasteiger charge is -2.09. The van der Waals surface area contributed by atoms with Crippen LogP contribution in [0.5, 0.6) is 5.75 Å². The zero-order valence-corrected chi connectivity index (χ0v) is 14.1. The maximum atomic E-state index is 11.9. The molecule has 0 spiro atoms. The van der Waals surface area contributed by atoms with Gasteiger partial charge in [0, 0.05) is 11.9 Å². The van der Waals surface area contributed by atoms with Gasteiger partial charge in [-0.2, -0.15) is 0 Å². The maximum absolute atomic E-state index is 11.9. The number of nitrogens with one attached hydrogen (secondary N) is 1. The van der Waals surface area contributed by atoms with Crippen LogP contribution in [-0.4, -0.2) is 27.2 Å². The Morgan fingerprint density at radius 2 is 1.74 bits per heavy atom. The van der Waals surface area contributed by atoms with Gasteiger partial charge in [0.05, 0.1) is 4.90 Å². The summed E-state index contributed by atoms with van der Waals surface area (Å²) in [5.41, 5.74) is 2.53. The van der Waals surface area contributed by atoms with Crippen LogP contribution in [0.25, 0.3) is 0 Å². The van der Waals surface area contributed by atoms with E-state index >= 15 is 0 Å². The number of hydrogen-bond donors (Lipinski definition) is 1. The Hall–Kier alpha value is -2.34. The van der Waals surface area contributed by atoms with Crippen LogP contribution in [0.2, 0.25) is 0 Å². The minimum absolute atomic E-state index is 0.147. The van der Waals surface area contributed by atoms with Gasteiger partial charge >= 0.3 is 0 Å². The van der Waals surface area contributed by atoms with Crippen LogP contribution < -0.4 is 10.1 Å². The van der Waals surface area contributed by atoms with Gasteiger partial charge in [-0.25, -0.2) is 8.42 Å². The zero-order valence-electron chi connectivity index (χ0n) is 13.3. The smallest absolute Gasteiger partial charge is 0.262 e. The molecule has 0 fully saturated rings. The number of benzene rings is 2. The predicted molar refractivity (Wildman–Crippen MR) is 89.6 cm³/mol. The van der Waals surface area contributed by atoms with Crippen LogP contribution in [0.15, 0.2) is 47.4 Å². The van der Waals surface area contributed by atoms with Gasteiger partial charge in [-0.15, -0.1) is 0 Å². The molecule has 2 rings (SSSR count). The maximum Gasteiger partial charge on any atom is 0.262 e. The molecular weight excluding hydrogens is 314 g/mol. The SMILES string of the molecule is Cc1cc(C)cc(OCC(=O)Nc2cccc(S(C)(=O)=O)c2)c1. The number of carbonyl (C=O) groups is 1. The number of hydrogen-bond acceptors (Lipinski definition) is 4. The second kappa shape index (κ2) is 6.83. The molecule has 0 heterocycles. The Bertz CT molecular complexity index is 808. The molecule has 1 amide bonds. The fraction of sp³-hybridized carbons (Fsp3) is 0.235. The van der Waals surface area contributed by atoms with E-state index in [1.54, 1.807) is 12.1 Å². The van der Waals surface area contributed by atoms with Crippen LogP contribution in [0.3, 0.4) is 0 Å². The van der Waals surface area contributed by atoms with Gasteiger partial charge in [-0.3, -0.25) is 4.79 Å². The van der Waals surface area contributed by atoms with Crippen LogP contribution >= 0.6 is 0 Å². The van der Waals surface area contributed by atoms with Crippen molar-refractivity contribution in [2.45, 2.75) is 18.7 Å². The molecular formula is C17H19NO4S. The summed E-state index contributed by atoms with van der Waals surface area (Å²) in [4.78, 5) is 12.1. The average molecular weight is 333 g/mol. The predicted octanol–water partition coefficient (Wildman–Crippen LogP) is 2.72. The highest BCUT2D eigenvalue weighted by Crippen LogP contribution is 2.17. The lowest BCUT2D eigenvalue weighted by atomic mass is 10.1. The fourth-order valence-electron chi connectivity index (χ4n) is 2.17. The Morgan fingerprint density at radius 3 is 2.35 bits per heavy atom. The molecule has 1 N–H and O–H groups in total. The number of carbonyl (C=O) groups excluding carboxylic acids is 1. The first-order valence-electron chi connectivity index (χ1n) is 7.05. The molecule has 0 saturated heterocycles. The molecule has 0 aliphatic rings. The van der Waals surface area contributed by atoms with E-state index < -0.39 is 9.84 Å². The monoisotopic (exact) mass is 333 g/mol. The molecule has 0 aliphatic carbocycles. The molecule has 0 radical (unpaired) electrons. The third kappa shape index (κ3) is 5.10. The van der Waals surface area contributed by atoms with E-state index in [9.17, 15) is 13.2 Å². The van der Waals surface area contributed by atoms with Crippen molar-refractivity contribution in [2.75, 3.05) is 18.2 Å². The van der Waals surface area contributed by atoms with Gasteiger partial charge in [-0.1, -0.05) is 12.1 Å². The second-order valence-corrected chi connectivity index (χ2v) is 7.48. The molecule has 0 atom stereocenters. The number of sulfone groups is 1. The lowest BCUT2D eigenvalue weighted by Crippen LogP contribution is -2.20. The first-order chi connectivity index (χ1) is 10.7. The van der Waals surface area contributed by atoms with Gasteiger partial charge in [0.25, 0.3) is 5.91 Å². The molecule has 0 aromatic heterocycles. The third-order valence-electron chi connectivity index (χ3n) is 3.11. The van der Waals surface area contributed by atoms with Crippen molar-refractivity contribution >= 4 is 21.4 Å². The Labute approximate surface area is 136 Å². The van der Waals surface area contributed by atoms with Gasteiger partial charge in [0.1, 0.15) is 5.75 Å².